The van der Waals surface area contributed by atoms with Crippen LogP contribution in [0.25, 0.3) is 0 Å². The number of aromatic hydroxyl groups is 1. The van der Waals surface area contributed by atoms with Gasteiger partial charge in [-0.1, -0.05) is 31.6 Å². The number of benzene rings is 1. The third kappa shape index (κ3) is 5.75. The number of fused-ring (bicyclic) bond motifs is 1. The number of aliphatic hydroxyl groups excluding tert-OH is 2. The molecule has 0 saturated carbocycles. The largest absolute Gasteiger partial charge is 0.504 e. The second kappa shape index (κ2) is 11.1. The summed E-state index contributed by atoms with van der Waals surface area (Å²) in [5.74, 6) is 0.707. The minimum absolute atomic E-state index is 0.0782. The molecule has 3 rings (SSSR count). The van der Waals surface area contributed by atoms with E-state index in [1.165, 1.54) is 18.1 Å². The first kappa shape index (κ1) is 26.5. The number of carbonyl (C=O) groups excluding carboxylic acids is 1. The Bertz CT molecular complexity index is 905. The Hall–Kier alpha value is -2.09. The maximum absolute atomic E-state index is 11.6. The van der Waals surface area contributed by atoms with Crippen LogP contribution in [0.15, 0.2) is 17.7 Å². The molecule has 0 unspecified atom stereocenters. The van der Waals surface area contributed by atoms with Crippen molar-refractivity contribution in [3.8, 4) is 11.5 Å². The first-order valence-corrected chi connectivity index (χ1v) is 12.3. The summed E-state index contributed by atoms with van der Waals surface area (Å²) in [5, 5.41) is 31.6. The van der Waals surface area contributed by atoms with Gasteiger partial charge in [-0.2, -0.15) is 0 Å². The molecule has 1 aromatic rings. The standard InChI is InChI=1S/C27H40O7/c1-14(2)8-7-9-15(3)19-11-10-16(4)22-20(19)12-17(5)25(24(22)31)34-27-26(33-18(6)28)23(30)21(29)13-32-27/h8,12,15-16,19,21,23,26-27,29-31H,7,9-11,13H2,1-6H3/t15-,16-,19+,21-,23-,26+,27-/m0/s1. The van der Waals surface area contributed by atoms with Crippen LogP contribution in [0, 0.1) is 12.8 Å². The van der Waals surface area contributed by atoms with Gasteiger partial charge < -0.3 is 29.5 Å². The molecule has 1 heterocycles. The molecule has 1 aliphatic heterocycles. The number of rotatable bonds is 7. The Morgan fingerprint density at radius 3 is 2.62 bits per heavy atom. The van der Waals surface area contributed by atoms with Gasteiger partial charge in [-0.3, -0.25) is 4.79 Å². The number of esters is 1. The monoisotopic (exact) mass is 476 g/mol. The van der Waals surface area contributed by atoms with Gasteiger partial charge in [0, 0.05) is 12.5 Å². The molecule has 0 spiro atoms. The third-order valence-electron chi connectivity index (χ3n) is 7.14. The first-order valence-electron chi connectivity index (χ1n) is 12.3. The molecule has 1 saturated heterocycles. The maximum Gasteiger partial charge on any atom is 0.303 e. The van der Waals surface area contributed by atoms with Crippen molar-refractivity contribution in [2.75, 3.05) is 6.61 Å². The van der Waals surface area contributed by atoms with E-state index in [1.807, 2.05) is 6.92 Å². The van der Waals surface area contributed by atoms with Gasteiger partial charge in [0.15, 0.2) is 17.6 Å². The molecule has 7 atom stereocenters. The van der Waals surface area contributed by atoms with Crippen LogP contribution in [-0.4, -0.2) is 52.5 Å². The van der Waals surface area contributed by atoms with E-state index >= 15 is 0 Å². The van der Waals surface area contributed by atoms with Crippen molar-refractivity contribution in [1.29, 1.82) is 0 Å². The molecule has 1 fully saturated rings. The predicted octanol–water partition coefficient (Wildman–Crippen LogP) is 4.45. The summed E-state index contributed by atoms with van der Waals surface area (Å²) < 4.78 is 16.8. The van der Waals surface area contributed by atoms with Gasteiger partial charge in [-0.05, 0) is 75.3 Å². The average Bonchev–Trinajstić information content (AvgIpc) is 2.75. The molecule has 1 aliphatic carbocycles. The van der Waals surface area contributed by atoms with Crippen LogP contribution in [0.5, 0.6) is 11.5 Å². The van der Waals surface area contributed by atoms with Gasteiger partial charge in [0.05, 0.1) is 6.61 Å². The Balaban J connectivity index is 1.90. The highest BCUT2D eigenvalue weighted by atomic mass is 16.7. The van der Waals surface area contributed by atoms with E-state index in [-0.39, 0.29) is 24.0 Å². The number of carbonyl (C=O) groups is 1. The summed E-state index contributed by atoms with van der Waals surface area (Å²) in [5.41, 5.74) is 4.14. The molecule has 0 amide bonds. The van der Waals surface area contributed by atoms with Crippen molar-refractivity contribution in [2.45, 2.75) is 104 Å². The van der Waals surface area contributed by atoms with Crippen molar-refractivity contribution in [3.05, 3.63) is 34.4 Å². The second-order valence-corrected chi connectivity index (χ2v) is 10.2. The Morgan fingerprint density at radius 2 is 1.97 bits per heavy atom. The van der Waals surface area contributed by atoms with E-state index in [4.69, 9.17) is 14.2 Å². The van der Waals surface area contributed by atoms with Crippen LogP contribution in [-0.2, 0) is 14.3 Å². The predicted molar refractivity (Wildman–Crippen MR) is 129 cm³/mol. The van der Waals surface area contributed by atoms with Crippen LogP contribution in [0.2, 0.25) is 0 Å². The zero-order valence-corrected chi connectivity index (χ0v) is 21.2. The lowest BCUT2D eigenvalue weighted by molar-refractivity contribution is -0.250. The maximum atomic E-state index is 11.6. The fourth-order valence-electron chi connectivity index (χ4n) is 5.25. The lowest BCUT2D eigenvalue weighted by Crippen LogP contribution is -2.56. The van der Waals surface area contributed by atoms with Crippen LogP contribution in [0.3, 0.4) is 0 Å². The highest BCUT2D eigenvalue weighted by molar-refractivity contribution is 5.66. The SMILES string of the molecule is CC(=O)O[C@H]1[C@H](Oc2c(C)cc3c(c2O)[C@@H](C)CC[C@@H]3[C@@H](C)CCC=C(C)C)OC[C@H](O)[C@@H]1O. The molecule has 0 bridgehead atoms. The van der Waals surface area contributed by atoms with E-state index in [2.05, 4.69) is 39.8 Å². The summed E-state index contributed by atoms with van der Waals surface area (Å²) >= 11 is 0. The molecular formula is C27H40O7. The van der Waals surface area contributed by atoms with Crippen molar-refractivity contribution >= 4 is 5.97 Å². The van der Waals surface area contributed by atoms with Crippen LogP contribution in [0.1, 0.15) is 88.8 Å². The highest BCUT2D eigenvalue weighted by Crippen LogP contribution is 2.51. The van der Waals surface area contributed by atoms with E-state index in [9.17, 15) is 20.1 Å². The molecule has 7 nitrogen and oxygen atoms in total. The van der Waals surface area contributed by atoms with Gasteiger partial charge in [0.1, 0.15) is 12.2 Å². The van der Waals surface area contributed by atoms with Gasteiger partial charge >= 0.3 is 5.97 Å². The smallest absolute Gasteiger partial charge is 0.303 e. The van der Waals surface area contributed by atoms with Gasteiger partial charge in [-0.15, -0.1) is 0 Å². The molecule has 34 heavy (non-hydrogen) atoms. The highest BCUT2D eigenvalue weighted by Gasteiger charge is 2.43. The van der Waals surface area contributed by atoms with E-state index < -0.39 is 30.6 Å². The lowest BCUT2D eigenvalue weighted by atomic mass is 9.70. The third-order valence-corrected chi connectivity index (χ3v) is 7.14. The van der Waals surface area contributed by atoms with E-state index in [1.54, 1.807) is 0 Å². The van der Waals surface area contributed by atoms with Gasteiger partial charge in [-0.25, -0.2) is 0 Å². The van der Waals surface area contributed by atoms with Crippen molar-refractivity contribution in [3.63, 3.8) is 0 Å². The zero-order chi connectivity index (χ0) is 25.2. The Morgan fingerprint density at radius 1 is 1.26 bits per heavy atom. The molecule has 190 valence electrons. The van der Waals surface area contributed by atoms with Gasteiger partial charge in [0.25, 0.3) is 0 Å². The summed E-state index contributed by atoms with van der Waals surface area (Å²) in [7, 11) is 0. The molecule has 7 heteroatoms. The van der Waals surface area contributed by atoms with Crippen LogP contribution < -0.4 is 4.74 Å². The summed E-state index contributed by atoms with van der Waals surface area (Å²) in [4.78, 5) is 11.6. The molecular weight excluding hydrogens is 436 g/mol. The van der Waals surface area contributed by atoms with Crippen molar-refractivity contribution in [2.24, 2.45) is 5.92 Å². The van der Waals surface area contributed by atoms with E-state index in [0.29, 0.717) is 11.8 Å². The number of ether oxygens (including phenoxy) is 3. The molecule has 0 radical (unpaired) electrons. The molecule has 3 N–H and O–H groups in total. The summed E-state index contributed by atoms with van der Waals surface area (Å²) in [6.45, 7) is 11.5. The quantitative estimate of drug-likeness (QED) is 0.394. The number of aliphatic hydroxyl groups is 2. The molecule has 1 aromatic carbocycles. The fourth-order valence-corrected chi connectivity index (χ4v) is 5.25. The Kier molecular flexibility index (Phi) is 8.66. The average molecular weight is 477 g/mol. The number of allylic oxidation sites excluding steroid dienone is 2. The normalized spacial score (nSPS) is 29.6. The summed E-state index contributed by atoms with van der Waals surface area (Å²) in [6.07, 6.45) is 1.54. The number of hydrogen-bond acceptors (Lipinski definition) is 7. The zero-order valence-electron chi connectivity index (χ0n) is 21.2. The number of phenols is 1. The number of phenolic OH excluding ortho intramolecular Hbond substituents is 1. The topological polar surface area (TPSA) is 105 Å². The summed E-state index contributed by atoms with van der Waals surface area (Å²) in [6, 6.07) is 2.09. The van der Waals surface area contributed by atoms with Crippen molar-refractivity contribution < 1.29 is 34.3 Å². The Labute approximate surface area is 202 Å². The fraction of sp³-hybridized carbons (Fsp3) is 0.667. The number of hydrogen-bond donors (Lipinski definition) is 3. The number of aryl methyl sites for hydroxylation is 1. The molecule has 0 aromatic heterocycles. The van der Waals surface area contributed by atoms with Crippen LogP contribution in [0.4, 0.5) is 0 Å². The lowest BCUT2D eigenvalue weighted by Gasteiger charge is -2.38. The minimum atomic E-state index is -1.35. The van der Waals surface area contributed by atoms with Crippen molar-refractivity contribution in [1.82, 2.24) is 0 Å². The minimum Gasteiger partial charge on any atom is -0.504 e. The first-order chi connectivity index (χ1) is 16.0. The van der Waals surface area contributed by atoms with Gasteiger partial charge in [0.2, 0.25) is 6.29 Å². The second-order valence-electron chi connectivity index (χ2n) is 10.2. The van der Waals surface area contributed by atoms with E-state index in [0.717, 1.165) is 36.8 Å². The molecule has 2 aliphatic rings. The van der Waals surface area contributed by atoms with Crippen LogP contribution >= 0.6 is 0 Å².